The van der Waals surface area contributed by atoms with Crippen molar-refractivity contribution in [1.29, 1.82) is 0 Å². The molecular formula is C15H23NO2. The van der Waals surface area contributed by atoms with E-state index in [1.807, 2.05) is 18.2 Å². The minimum atomic E-state index is 0.290. The Bertz CT molecular complexity index is 367. The average molecular weight is 249 g/mol. The summed E-state index contributed by atoms with van der Waals surface area (Å²) in [6.07, 6.45) is 3.36. The Balaban J connectivity index is 1.68. The Labute approximate surface area is 109 Å². The van der Waals surface area contributed by atoms with E-state index in [-0.39, 0.29) is 0 Å². The summed E-state index contributed by atoms with van der Waals surface area (Å²) in [7, 11) is 0. The molecule has 0 spiro atoms. The van der Waals surface area contributed by atoms with Gasteiger partial charge in [0.1, 0.15) is 5.75 Å². The minimum Gasteiger partial charge on any atom is -0.493 e. The Hall–Kier alpha value is -1.06. The zero-order valence-electron chi connectivity index (χ0n) is 11.1. The van der Waals surface area contributed by atoms with Gasteiger partial charge in [0, 0.05) is 12.6 Å². The number of nitrogens with zero attached hydrogens (tertiary/aromatic N) is 1. The maximum Gasteiger partial charge on any atom is 0.122 e. The average Bonchev–Trinajstić information content (AvgIpc) is 2.84. The van der Waals surface area contributed by atoms with Crippen molar-refractivity contribution in [3.8, 4) is 5.75 Å². The summed E-state index contributed by atoms with van der Waals surface area (Å²) in [6, 6.07) is 8.49. The molecule has 1 atom stereocenters. The van der Waals surface area contributed by atoms with Crippen LogP contribution >= 0.6 is 0 Å². The van der Waals surface area contributed by atoms with Crippen LogP contribution in [0.15, 0.2) is 24.3 Å². The second kappa shape index (κ2) is 6.76. The quantitative estimate of drug-likeness (QED) is 0.785. The molecule has 1 N–H and O–H groups in total. The van der Waals surface area contributed by atoms with E-state index in [1.54, 1.807) is 0 Å². The number of rotatable bonds is 6. The van der Waals surface area contributed by atoms with E-state index in [4.69, 9.17) is 4.74 Å². The summed E-state index contributed by atoms with van der Waals surface area (Å²) >= 11 is 0. The third kappa shape index (κ3) is 3.47. The lowest BCUT2D eigenvalue weighted by Gasteiger charge is -2.22. The van der Waals surface area contributed by atoms with Crippen molar-refractivity contribution in [2.75, 3.05) is 26.3 Å². The van der Waals surface area contributed by atoms with Crippen LogP contribution in [0.5, 0.6) is 5.75 Å². The van der Waals surface area contributed by atoms with Crippen LogP contribution in [0.2, 0.25) is 0 Å². The fourth-order valence-corrected chi connectivity index (χ4v) is 2.56. The predicted molar refractivity (Wildman–Crippen MR) is 73.0 cm³/mol. The Morgan fingerprint density at radius 1 is 1.39 bits per heavy atom. The zero-order valence-corrected chi connectivity index (χ0v) is 11.1. The molecule has 1 aromatic carbocycles. The van der Waals surface area contributed by atoms with Crippen LogP contribution in [0.4, 0.5) is 0 Å². The van der Waals surface area contributed by atoms with Crippen LogP contribution in [0.1, 0.15) is 24.8 Å². The van der Waals surface area contributed by atoms with E-state index in [2.05, 4.69) is 17.9 Å². The summed E-state index contributed by atoms with van der Waals surface area (Å²) in [4.78, 5) is 2.38. The first-order valence-corrected chi connectivity index (χ1v) is 6.84. The van der Waals surface area contributed by atoms with E-state index in [0.29, 0.717) is 12.6 Å². The topological polar surface area (TPSA) is 32.7 Å². The summed E-state index contributed by atoms with van der Waals surface area (Å²) in [5.74, 6) is 0.984. The number of ether oxygens (including phenoxy) is 1. The number of aliphatic hydroxyl groups excluding tert-OH is 1. The highest BCUT2D eigenvalue weighted by atomic mass is 16.5. The van der Waals surface area contributed by atoms with Gasteiger partial charge in [-0.05, 0) is 44.4 Å². The van der Waals surface area contributed by atoms with Gasteiger partial charge in [-0.25, -0.2) is 0 Å². The van der Waals surface area contributed by atoms with Crippen molar-refractivity contribution in [1.82, 2.24) is 4.90 Å². The first-order valence-electron chi connectivity index (χ1n) is 6.84. The molecule has 1 aromatic rings. The highest BCUT2D eigenvalue weighted by molar-refractivity contribution is 5.31. The minimum absolute atomic E-state index is 0.290. The number of likely N-dealkylation sites (tertiary alicyclic amines) is 1. The number of hydrogen-bond acceptors (Lipinski definition) is 3. The molecule has 0 radical (unpaired) electrons. The van der Waals surface area contributed by atoms with Crippen LogP contribution in [0.25, 0.3) is 0 Å². The third-order valence-electron chi connectivity index (χ3n) is 3.65. The summed E-state index contributed by atoms with van der Waals surface area (Å²) in [5.41, 5.74) is 1.19. The van der Waals surface area contributed by atoms with Crippen molar-refractivity contribution in [2.24, 2.45) is 0 Å². The van der Waals surface area contributed by atoms with Gasteiger partial charge in [-0.15, -0.1) is 0 Å². The molecule has 18 heavy (non-hydrogen) atoms. The SMILES string of the molecule is Cc1ccccc1OCCCN1CCC[C@@H]1CO. The molecule has 0 aromatic heterocycles. The lowest BCUT2D eigenvalue weighted by molar-refractivity contribution is 0.150. The molecular weight excluding hydrogens is 226 g/mol. The standard InChI is InChI=1S/C15H23NO2/c1-13-6-2-3-8-15(13)18-11-5-10-16-9-4-7-14(16)12-17/h2-3,6,8,14,17H,4-5,7,9-12H2,1H3/t14-/m1/s1. The van der Waals surface area contributed by atoms with Crippen molar-refractivity contribution >= 4 is 0 Å². The van der Waals surface area contributed by atoms with Gasteiger partial charge >= 0.3 is 0 Å². The fourth-order valence-electron chi connectivity index (χ4n) is 2.56. The number of aryl methyl sites for hydroxylation is 1. The molecule has 3 nitrogen and oxygen atoms in total. The molecule has 100 valence electrons. The monoisotopic (exact) mass is 249 g/mol. The van der Waals surface area contributed by atoms with Gasteiger partial charge < -0.3 is 9.84 Å². The zero-order chi connectivity index (χ0) is 12.8. The molecule has 1 fully saturated rings. The van der Waals surface area contributed by atoms with Gasteiger partial charge in [-0.2, -0.15) is 0 Å². The molecule has 3 heteroatoms. The second-order valence-electron chi connectivity index (χ2n) is 4.98. The molecule has 1 aliphatic rings. The number of hydrogen-bond donors (Lipinski definition) is 1. The van der Waals surface area contributed by atoms with Crippen LogP contribution < -0.4 is 4.74 Å². The van der Waals surface area contributed by atoms with E-state index < -0.39 is 0 Å². The molecule has 2 rings (SSSR count). The first-order chi connectivity index (χ1) is 8.81. The van der Waals surface area contributed by atoms with E-state index in [9.17, 15) is 5.11 Å². The van der Waals surface area contributed by atoms with Crippen LogP contribution in [0.3, 0.4) is 0 Å². The Morgan fingerprint density at radius 3 is 3.00 bits per heavy atom. The summed E-state index contributed by atoms with van der Waals surface area (Å²) in [5, 5.41) is 9.23. The van der Waals surface area contributed by atoms with Crippen LogP contribution in [-0.2, 0) is 0 Å². The lowest BCUT2D eigenvalue weighted by atomic mass is 10.2. The van der Waals surface area contributed by atoms with Gasteiger partial charge in [0.2, 0.25) is 0 Å². The van der Waals surface area contributed by atoms with Gasteiger partial charge in [-0.1, -0.05) is 18.2 Å². The van der Waals surface area contributed by atoms with Crippen molar-refractivity contribution in [3.05, 3.63) is 29.8 Å². The maximum atomic E-state index is 9.23. The van der Waals surface area contributed by atoms with Gasteiger partial charge in [0.25, 0.3) is 0 Å². The number of aliphatic hydroxyl groups is 1. The van der Waals surface area contributed by atoms with Gasteiger partial charge in [-0.3, -0.25) is 4.90 Å². The molecule has 0 unspecified atom stereocenters. The molecule has 0 saturated carbocycles. The molecule has 1 aliphatic heterocycles. The third-order valence-corrected chi connectivity index (χ3v) is 3.65. The number of benzene rings is 1. The van der Waals surface area contributed by atoms with E-state index >= 15 is 0 Å². The summed E-state index contributed by atoms with van der Waals surface area (Å²) < 4.78 is 5.78. The van der Waals surface area contributed by atoms with E-state index in [0.717, 1.165) is 38.3 Å². The lowest BCUT2D eigenvalue weighted by Crippen LogP contribution is -2.33. The Kier molecular flexibility index (Phi) is 5.02. The molecule has 1 heterocycles. The van der Waals surface area contributed by atoms with E-state index in [1.165, 1.54) is 12.0 Å². The van der Waals surface area contributed by atoms with Crippen LogP contribution in [0, 0.1) is 6.92 Å². The summed E-state index contributed by atoms with van der Waals surface area (Å²) in [6.45, 7) is 5.25. The highest BCUT2D eigenvalue weighted by Gasteiger charge is 2.22. The second-order valence-corrected chi connectivity index (χ2v) is 4.98. The molecule has 0 amide bonds. The fraction of sp³-hybridized carbons (Fsp3) is 0.600. The van der Waals surface area contributed by atoms with Crippen molar-refractivity contribution in [2.45, 2.75) is 32.2 Å². The molecule has 1 saturated heterocycles. The normalized spacial score (nSPS) is 20.2. The predicted octanol–water partition coefficient (Wildman–Crippen LogP) is 2.22. The van der Waals surface area contributed by atoms with Gasteiger partial charge in [0.05, 0.1) is 13.2 Å². The van der Waals surface area contributed by atoms with Crippen LogP contribution in [-0.4, -0.2) is 42.4 Å². The van der Waals surface area contributed by atoms with Crippen molar-refractivity contribution < 1.29 is 9.84 Å². The Morgan fingerprint density at radius 2 is 2.22 bits per heavy atom. The van der Waals surface area contributed by atoms with Crippen molar-refractivity contribution in [3.63, 3.8) is 0 Å². The molecule has 0 bridgehead atoms. The number of para-hydroxylation sites is 1. The molecule has 0 aliphatic carbocycles. The first kappa shape index (κ1) is 13.4. The largest absolute Gasteiger partial charge is 0.493 e. The highest BCUT2D eigenvalue weighted by Crippen LogP contribution is 2.18. The van der Waals surface area contributed by atoms with Gasteiger partial charge in [0.15, 0.2) is 0 Å². The maximum absolute atomic E-state index is 9.23. The smallest absolute Gasteiger partial charge is 0.122 e.